The first kappa shape index (κ1) is 35.3. The van der Waals surface area contributed by atoms with Crippen LogP contribution in [0, 0.1) is 0 Å². The molecule has 0 saturated carbocycles. The number of para-hydroxylation sites is 2. The summed E-state index contributed by atoms with van der Waals surface area (Å²) in [6.45, 7) is 0. The molecular formula is C62H32N2S2. The number of hydrogen-bond donors (Lipinski definition) is 0. The molecule has 302 valence electrons. The maximum absolute atomic E-state index is 5.58. The Morgan fingerprint density at radius 2 is 0.697 bits per heavy atom. The molecule has 4 heterocycles. The van der Waals surface area contributed by atoms with Gasteiger partial charge in [-0.2, -0.15) is 0 Å². The number of fused-ring (bicyclic) bond motifs is 11. The third kappa shape index (κ3) is 4.54. The van der Waals surface area contributed by atoms with Gasteiger partial charge in [-0.15, -0.1) is 22.7 Å². The zero-order valence-electron chi connectivity index (χ0n) is 35.2. The van der Waals surface area contributed by atoms with E-state index in [1.165, 1.54) is 139 Å². The predicted molar refractivity (Wildman–Crippen MR) is 285 cm³/mol. The fraction of sp³-hybridized carbons (Fsp3) is 0. The van der Waals surface area contributed by atoms with Crippen LogP contribution in [0.15, 0.2) is 194 Å². The maximum atomic E-state index is 5.58. The molecule has 1 aliphatic carbocycles. The highest BCUT2D eigenvalue weighted by atomic mass is 32.1. The maximum Gasteiger partial charge on any atom is 0.0908 e. The van der Waals surface area contributed by atoms with Gasteiger partial charge in [-0.3, -0.25) is 0 Å². The van der Waals surface area contributed by atoms with Crippen molar-refractivity contribution < 1.29 is 0 Å². The number of rotatable bonds is 3. The lowest BCUT2D eigenvalue weighted by atomic mass is 9.86. The highest BCUT2D eigenvalue weighted by Gasteiger charge is 2.26. The third-order valence-corrected chi connectivity index (χ3v) is 16.9. The average Bonchev–Trinajstić information content (AvgIpc) is 4.05. The molecule has 0 radical (unpaired) electrons. The number of nitrogens with zero attached hydrogens (tertiary/aromatic N) is 2. The van der Waals surface area contributed by atoms with Crippen LogP contribution in [0.1, 0.15) is 0 Å². The van der Waals surface area contributed by atoms with Crippen molar-refractivity contribution in [1.82, 2.24) is 9.97 Å². The summed E-state index contributed by atoms with van der Waals surface area (Å²) in [6.07, 6.45) is 0. The Bertz CT molecular complexity index is 4620. The van der Waals surface area contributed by atoms with Crippen LogP contribution in [0.5, 0.6) is 0 Å². The molecule has 4 aromatic heterocycles. The average molecular weight is 869 g/mol. The van der Waals surface area contributed by atoms with Gasteiger partial charge in [-0.1, -0.05) is 170 Å². The van der Waals surface area contributed by atoms with Crippen LogP contribution in [0.2, 0.25) is 0 Å². The molecule has 0 fully saturated rings. The molecule has 1 aliphatic rings. The SMILES string of the molecule is c1ccc2c(c1)-c1cccc3c(-c4c5ccccc5nc5c4sc4cccc(-c6ccc7ccc8c(-c9c%10ccccc%10nc%10c9sc9ccccc9%10)ccc9ccc6c7c98)c45)ccc-2c13. The second-order valence-corrected chi connectivity index (χ2v) is 19.9. The summed E-state index contributed by atoms with van der Waals surface area (Å²) in [4.78, 5) is 10.9. The van der Waals surface area contributed by atoms with Gasteiger partial charge in [0.05, 0.1) is 31.5 Å². The molecule has 15 aromatic rings. The molecule has 66 heavy (non-hydrogen) atoms. The van der Waals surface area contributed by atoms with E-state index in [4.69, 9.17) is 9.97 Å². The summed E-state index contributed by atoms with van der Waals surface area (Å²) in [6, 6.07) is 72.1. The molecule has 0 atom stereocenters. The molecule has 0 amide bonds. The number of thiophene rings is 2. The zero-order chi connectivity index (χ0) is 42.8. The molecule has 4 heteroatoms. The van der Waals surface area contributed by atoms with Gasteiger partial charge < -0.3 is 0 Å². The van der Waals surface area contributed by atoms with Gasteiger partial charge in [-0.25, -0.2) is 9.97 Å². The molecule has 0 N–H and O–H groups in total. The Morgan fingerprint density at radius 1 is 0.258 bits per heavy atom. The van der Waals surface area contributed by atoms with E-state index in [1.54, 1.807) is 0 Å². The van der Waals surface area contributed by atoms with Crippen molar-refractivity contribution in [2.24, 2.45) is 0 Å². The van der Waals surface area contributed by atoms with Crippen molar-refractivity contribution in [3.63, 3.8) is 0 Å². The Balaban J connectivity index is 0.963. The van der Waals surface area contributed by atoms with E-state index in [-0.39, 0.29) is 0 Å². The van der Waals surface area contributed by atoms with Crippen LogP contribution in [-0.4, -0.2) is 9.97 Å². The van der Waals surface area contributed by atoms with E-state index in [0.29, 0.717) is 0 Å². The van der Waals surface area contributed by atoms with E-state index in [9.17, 15) is 0 Å². The lowest BCUT2D eigenvalue weighted by Gasteiger charge is -2.18. The van der Waals surface area contributed by atoms with Crippen LogP contribution < -0.4 is 0 Å². The lowest BCUT2D eigenvalue weighted by Crippen LogP contribution is -1.92. The molecule has 0 saturated heterocycles. The smallest absolute Gasteiger partial charge is 0.0908 e. The fourth-order valence-electron chi connectivity index (χ4n) is 11.8. The Hall–Kier alpha value is -8.02. The van der Waals surface area contributed by atoms with E-state index < -0.39 is 0 Å². The standard InChI is InChI=1S/C62H32N2S2/c1-2-12-36-35(11-1)38-16-9-17-40-45(32-31-42(36)55(38)40)57-47-14-4-7-20-50(47)64-60-58-39(18-10-22-52(58)66-62(57)60)37-27-23-33-25-29-43-44(30-26-34-24-28-41(37)53(33)54(34)43)56-46-13-3-6-19-49(46)63-59-48-15-5-8-21-51(48)65-61(56)59/h1-32H. The monoisotopic (exact) mass is 868 g/mol. The summed E-state index contributed by atoms with van der Waals surface area (Å²) in [5, 5.41) is 15.1. The molecule has 11 aromatic carbocycles. The molecule has 0 unspecified atom stereocenters. The van der Waals surface area contributed by atoms with Crippen LogP contribution in [0.25, 0.3) is 161 Å². The van der Waals surface area contributed by atoms with Gasteiger partial charge in [0.2, 0.25) is 0 Å². The van der Waals surface area contributed by atoms with Crippen molar-refractivity contribution in [2.75, 3.05) is 0 Å². The second-order valence-electron chi connectivity index (χ2n) is 17.8. The van der Waals surface area contributed by atoms with E-state index in [2.05, 4.69) is 194 Å². The van der Waals surface area contributed by atoms with Crippen LogP contribution in [0.4, 0.5) is 0 Å². The minimum Gasteiger partial charge on any atom is -0.246 e. The highest BCUT2D eigenvalue weighted by molar-refractivity contribution is 7.27. The third-order valence-electron chi connectivity index (χ3n) is 14.6. The van der Waals surface area contributed by atoms with Gasteiger partial charge in [-0.05, 0) is 112 Å². The van der Waals surface area contributed by atoms with E-state index in [0.717, 1.165) is 22.1 Å². The molecular weight excluding hydrogens is 837 g/mol. The minimum absolute atomic E-state index is 1.01. The molecule has 0 bridgehead atoms. The minimum atomic E-state index is 1.01. The van der Waals surface area contributed by atoms with Gasteiger partial charge in [0.1, 0.15) is 0 Å². The van der Waals surface area contributed by atoms with Crippen LogP contribution >= 0.6 is 22.7 Å². The number of aromatic nitrogens is 2. The van der Waals surface area contributed by atoms with Gasteiger partial charge >= 0.3 is 0 Å². The van der Waals surface area contributed by atoms with Crippen molar-refractivity contribution in [3.8, 4) is 55.6 Å². The topological polar surface area (TPSA) is 25.8 Å². The summed E-state index contributed by atoms with van der Waals surface area (Å²) >= 11 is 3.73. The largest absolute Gasteiger partial charge is 0.246 e. The number of pyridine rings is 2. The Labute approximate surface area is 385 Å². The van der Waals surface area contributed by atoms with Crippen molar-refractivity contribution in [3.05, 3.63) is 194 Å². The molecule has 0 spiro atoms. The first-order valence-corrected chi connectivity index (χ1v) is 24.2. The lowest BCUT2D eigenvalue weighted by molar-refractivity contribution is 1.53. The van der Waals surface area contributed by atoms with Gasteiger partial charge in [0.15, 0.2) is 0 Å². The molecule has 16 rings (SSSR count). The van der Waals surface area contributed by atoms with Crippen molar-refractivity contribution >= 4 is 128 Å². The Kier molecular flexibility index (Phi) is 6.87. The van der Waals surface area contributed by atoms with Crippen LogP contribution in [-0.2, 0) is 0 Å². The highest BCUT2D eigenvalue weighted by Crippen LogP contribution is 2.54. The second kappa shape index (κ2) is 12.8. The van der Waals surface area contributed by atoms with Crippen molar-refractivity contribution in [2.45, 2.75) is 0 Å². The fourth-order valence-corrected chi connectivity index (χ4v) is 14.3. The van der Waals surface area contributed by atoms with Gasteiger partial charge in [0.25, 0.3) is 0 Å². The van der Waals surface area contributed by atoms with Crippen molar-refractivity contribution in [1.29, 1.82) is 0 Å². The van der Waals surface area contributed by atoms with E-state index in [1.807, 2.05) is 22.7 Å². The molecule has 2 nitrogen and oxygen atoms in total. The van der Waals surface area contributed by atoms with E-state index >= 15 is 0 Å². The number of benzene rings is 11. The quantitative estimate of drug-likeness (QED) is 0.165. The van der Waals surface area contributed by atoms with Gasteiger partial charge in [0, 0.05) is 42.1 Å². The normalized spacial score (nSPS) is 12.5. The first-order chi connectivity index (χ1) is 32.7. The Morgan fingerprint density at radius 3 is 1.42 bits per heavy atom. The number of hydrogen-bond acceptors (Lipinski definition) is 4. The summed E-state index contributed by atoms with van der Waals surface area (Å²) in [5.74, 6) is 0. The summed E-state index contributed by atoms with van der Waals surface area (Å²) < 4.78 is 4.98. The first-order valence-electron chi connectivity index (χ1n) is 22.6. The summed E-state index contributed by atoms with van der Waals surface area (Å²) in [7, 11) is 0. The predicted octanol–water partition coefficient (Wildman–Crippen LogP) is 18.2. The molecule has 0 aliphatic heterocycles. The summed E-state index contributed by atoms with van der Waals surface area (Å²) in [5.41, 5.74) is 16.9. The zero-order valence-corrected chi connectivity index (χ0v) is 36.8. The van der Waals surface area contributed by atoms with Crippen LogP contribution in [0.3, 0.4) is 0 Å².